The lowest BCUT2D eigenvalue weighted by Gasteiger charge is -2.28. The fourth-order valence-corrected chi connectivity index (χ4v) is 2.07. The van der Waals surface area contributed by atoms with Gasteiger partial charge in [-0.05, 0) is 33.1 Å². The lowest BCUT2D eigenvalue weighted by Crippen LogP contribution is -2.33. The summed E-state index contributed by atoms with van der Waals surface area (Å²) in [6, 6.07) is 1.23. The van der Waals surface area contributed by atoms with Crippen LogP contribution in [0.2, 0.25) is 0 Å². The summed E-state index contributed by atoms with van der Waals surface area (Å²) in [6.07, 6.45) is 7.47. The molecule has 1 aromatic rings. The fraction of sp³-hybridized carbons (Fsp3) is 0.714. The SMILES string of the molecule is CCC(C)N(CC)c1cncc(CNC2CC2)n1. The van der Waals surface area contributed by atoms with Gasteiger partial charge in [-0.2, -0.15) is 0 Å². The third-order valence-corrected chi connectivity index (χ3v) is 3.58. The Labute approximate surface area is 110 Å². The summed E-state index contributed by atoms with van der Waals surface area (Å²) < 4.78 is 0. The Morgan fingerprint density at radius 1 is 1.39 bits per heavy atom. The van der Waals surface area contributed by atoms with Crippen molar-refractivity contribution in [3.05, 3.63) is 18.1 Å². The molecular weight excluding hydrogens is 224 g/mol. The number of hydrogen-bond acceptors (Lipinski definition) is 4. The summed E-state index contributed by atoms with van der Waals surface area (Å²) in [5, 5.41) is 3.48. The van der Waals surface area contributed by atoms with Gasteiger partial charge in [0.25, 0.3) is 0 Å². The lowest BCUT2D eigenvalue weighted by molar-refractivity contribution is 0.615. The van der Waals surface area contributed by atoms with Crippen molar-refractivity contribution in [3.8, 4) is 0 Å². The van der Waals surface area contributed by atoms with E-state index in [-0.39, 0.29) is 0 Å². The van der Waals surface area contributed by atoms with Gasteiger partial charge in [0.2, 0.25) is 0 Å². The Balaban J connectivity index is 2.03. The second-order valence-electron chi connectivity index (χ2n) is 5.07. The first-order valence-corrected chi connectivity index (χ1v) is 7.05. The molecule has 0 spiro atoms. The highest BCUT2D eigenvalue weighted by atomic mass is 15.2. The molecule has 18 heavy (non-hydrogen) atoms. The Morgan fingerprint density at radius 2 is 2.17 bits per heavy atom. The van der Waals surface area contributed by atoms with Crippen LogP contribution >= 0.6 is 0 Å². The smallest absolute Gasteiger partial charge is 0.147 e. The molecule has 1 aliphatic rings. The van der Waals surface area contributed by atoms with Crippen molar-refractivity contribution in [2.75, 3.05) is 11.4 Å². The van der Waals surface area contributed by atoms with Crippen molar-refractivity contribution in [2.24, 2.45) is 0 Å². The summed E-state index contributed by atoms with van der Waals surface area (Å²) in [5.41, 5.74) is 1.04. The van der Waals surface area contributed by atoms with Crippen molar-refractivity contribution >= 4 is 5.82 Å². The van der Waals surface area contributed by atoms with Crippen LogP contribution in [-0.4, -0.2) is 28.6 Å². The molecule has 1 saturated carbocycles. The monoisotopic (exact) mass is 248 g/mol. The second kappa shape index (κ2) is 6.14. The highest BCUT2D eigenvalue weighted by Gasteiger charge is 2.20. The molecule has 0 bridgehead atoms. The molecule has 2 rings (SSSR count). The van der Waals surface area contributed by atoms with E-state index in [9.17, 15) is 0 Å². The largest absolute Gasteiger partial charge is 0.353 e. The number of aromatic nitrogens is 2. The molecule has 0 aromatic carbocycles. The van der Waals surface area contributed by atoms with E-state index in [1.54, 1.807) is 0 Å². The minimum Gasteiger partial charge on any atom is -0.353 e. The Kier molecular flexibility index (Phi) is 4.53. The Hall–Kier alpha value is -1.16. The van der Waals surface area contributed by atoms with Crippen LogP contribution < -0.4 is 10.2 Å². The molecule has 0 aliphatic heterocycles. The van der Waals surface area contributed by atoms with Crippen molar-refractivity contribution in [3.63, 3.8) is 0 Å². The zero-order valence-corrected chi connectivity index (χ0v) is 11.7. The first-order chi connectivity index (χ1) is 8.74. The third-order valence-electron chi connectivity index (χ3n) is 3.58. The van der Waals surface area contributed by atoms with E-state index < -0.39 is 0 Å². The summed E-state index contributed by atoms with van der Waals surface area (Å²) in [4.78, 5) is 11.4. The van der Waals surface area contributed by atoms with E-state index in [1.165, 1.54) is 12.8 Å². The summed E-state index contributed by atoms with van der Waals surface area (Å²) >= 11 is 0. The van der Waals surface area contributed by atoms with Gasteiger partial charge in [-0.25, -0.2) is 4.98 Å². The van der Waals surface area contributed by atoms with Gasteiger partial charge in [0.15, 0.2) is 0 Å². The predicted molar refractivity (Wildman–Crippen MR) is 74.7 cm³/mol. The van der Waals surface area contributed by atoms with E-state index in [2.05, 4.69) is 36.0 Å². The zero-order valence-electron chi connectivity index (χ0n) is 11.7. The van der Waals surface area contributed by atoms with Crippen LogP contribution in [0.4, 0.5) is 5.82 Å². The number of nitrogens with zero attached hydrogens (tertiary/aromatic N) is 3. The van der Waals surface area contributed by atoms with Crippen LogP contribution in [0.15, 0.2) is 12.4 Å². The van der Waals surface area contributed by atoms with E-state index in [4.69, 9.17) is 4.98 Å². The molecule has 0 radical (unpaired) electrons. The second-order valence-corrected chi connectivity index (χ2v) is 5.07. The van der Waals surface area contributed by atoms with Crippen LogP contribution in [0, 0.1) is 0 Å². The topological polar surface area (TPSA) is 41.1 Å². The molecule has 100 valence electrons. The van der Waals surface area contributed by atoms with Crippen LogP contribution in [-0.2, 0) is 6.54 Å². The third kappa shape index (κ3) is 3.42. The molecule has 0 amide bonds. The average Bonchev–Trinajstić information content (AvgIpc) is 3.21. The van der Waals surface area contributed by atoms with E-state index in [1.807, 2.05) is 12.4 Å². The van der Waals surface area contributed by atoms with Crippen molar-refractivity contribution in [1.29, 1.82) is 0 Å². The highest BCUT2D eigenvalue weighted by Crippen LogP contribution is 2.19. The van der Waals surface area contributed by atoms with Gasteiger partial charge in [-0.1, -0.05) is 6.92 Å². The van der Waals surface area contributed by atoms with E-state index in [0.717, 1.165) is 31.0 Å². The van der Waals surface area contributed by atoms with Crippen molar-refractivity contribution in [2.45, 2.75) is 58.7 Å². The summed E-state index contributed by atoms with van der Waals surface area (Å²) in [7, 11) is 0. The first-order valence-electron chi connectivity index (χ1n) is 7.05. The molecule has 0 saturated heterocycles. The average molecular weight is 248 g/mol. The summed E-state index contributed by atoms with van der Waals surface area (Å²) in [5.74, 6) is 1.00. The lowest BCUT2D eigenvalue weighted by atomic mass is 10.2. The number of rotatable bonds is 7. The quantitative estimate of drug-likeness (QED) is 0.804. The van der Waals surface area contributed by atoms with Crippen molar-refractivity contribution < 1.29 is 0 Å². The first kappa shape index (κ1) is 13.3. The molecule has 1 aliphatic carbocycles. The number of hydrogen-bond donors (Lipinski definition) is 1. The molecule has 1 fully saturated rings. The maximum Gasteiger partial charge on any atom is 0.147 e. The van der Waals surface area contributed by atoms with E-state index >= 15 is 0 Å². The maximum atomic E-state index is 4.71. The molecular formula is C14H24N4. The minimum absolute atomic E-state index is 0.510. The van der Waals surface area contributed by atoms with Gasteiger partial charge < -0.3 is 10.2 Å². The van der Waals surface area contributed by atoms with Crippen molar-refractivity contribution in [1.82, 2.24) is 15.3 Å². The number of anilines is 1. The molecule has 1 aromatic heterocycles. The van der Waals surface area contributed by atoms with Crippen LogP contribution in [0.3, 0.4) is 0 Å². The predicted octanol–water partition coefficient (Wildman–Crippen LogP) is 2.35. The Morgan fingerprint density at radius 3 is 2.78 bits per heavy atom. The molecule has 1 atom stereocenters. The van der Waals surface area contributed by atoms with Crippen LogP contribution in [0.25, 0.3) is 0 Å². The van der Waals surface area contributed by atoms with Gasteiger partial charge in [0, 0.05) is 31.4 Å². The molecule has 1 heterocycles. The van der Waals surface area contributed by atoms with Crippen LogP contribution in [0.1, 0.15) is 45.7 Å². The Bertz CT molecular complexity index is 376. The van der Waals surface area contributed by atoms with Gasteiger partial charge in [0.1, 0.15) is 5.82 Å². The van der Waals surface area contributed by atoms with E-state index in [0.29, 0.717) is 12.1 Å². The molecule has 4 heteroatoms. The zero-order chi connectivity index (χ0) is 13.0. The highest BCUT2D eigenvalue weighted by molar-refractivity contribution is 5.37. The fourth-order valence-electron chi connectivity index (χ4n) is 2.07. The minimum atomic E-state index is 0.510. The normalized spacial score (nSPS) is 16.6. The van der Waals surface area contributed by atoms with Gasteiger partial charge in [0.05, 0.1) is 11.9 Å². The standard InChI is InChI=1S/C14H24N4/c1-4-11(3)18(5-2)14-10-15-8-13(17-14)9-16-12-6-7-12/h8,10-12,16H,4-7,9H2,1-3H3. The molecule has 1 N–H and O–H groups in total. The maximum absolute atomic E-state index is 4.71. The van der Waals surface area contributed by atoms with Gasteiger partial charge >= 0.3 is 0 Å². The van der Waals surface area contributed by atoms with Gasteiger partial charge in [-0.3, -0.25) is 4.98 Å². The molecule has 1 unspecified atom stereocenters. The summed E-state index contributed by atoms with van der Waals surface area (Å²) in [6.45, 7) is 8.43. The number of nitrogens with one attached hydrogen (secondary N) is 1. The van der Waals surface area contributed by atoms with Gasteiger partial charge in [-0.15, -0.1) is 0 Å². The molecule has 4 nitrogen and oxygen atoms in total. The van der Waals surface area contributed by atoms with Crippen LogP contribution in [0.5, 0.6) is 0 Å².